The van der Waals surface area contributed by atoms with E-state index in [1.165, 1.54) is 6.20 Å². The lowest BCUT2D eigenvalue weighted by molar-refractivity contribution is -0.682. The summed E-state index contributed by atoms with van der Waals surface area (Å²) < 4.78 is 31.8. The van der Waals surface area contributed by atoms with Crippen molar-refractivity contribution in [3.05, 3.63) is 40.6 Å². The Morgan fingerprint density at radius 2 is 1.89 bits per heavy atom. The predicted molar refractivity (Wildman–Crippen MR) is 102 cm³/mol. The minimum Gasteiger partial charge on any atom is -0.378 e. The zero-order valence-electron chi connectivity index (χ0n) is 14.8. The molecule has 0 unspecified atom stereocenters. The van der Waals surface area contributed by atoms with Gasteiger partial charge in [0.05, 0.1) is 22.3 Å². The molecule has 1 N–H and O–H groups in total. The molecular formula is C15H20N5O5S2+. The van der Waals surface area contributed by atoms with E-state index in [-0.39, 0.29) is 17.2 Å². The van der Waals surface area contributed by atoms with Gasteiger partial charge in [-0.15, -0.1) is 0 Å². The maximum absolute atomic E-state index is 11.0. The fraction of sp³-hybridized carbons (Fsp3) is 0.400. The van der Waals surface area contributed by atoms with E-state index in [2.05, 4.69) is 10.2 Å². The van der Waals surface area contributed by atoms with Gasteiger partial charge in [-0.25, -0.2) is 4.57 Å². The normalized spacial score (nSPS) is 11.8. The number of rotatable bonds is 9. The molecule has 0 aliphatic heterocycles. The molecule has 27 heavy (non-hydrogen) atoms. The lowest BCUT2D eigenvalue weighted by Gasteiger charge is -2.11. The van der Waals surface area contributed by atoms with Gasteiger partial charge in [0.15, 0.2) is 6.20 Å². The highest BCUT2D eigenvalue weighted by molar-refractivity contribution is 7.85. The van der Waals surface area contributed by atoms with Gasteiger partial charge in [0.2, 0.25) is 0 Å². The van der Waals surface area contributed by atoms with Crippen LogP contribution in [-0.4, -0.2) is 37.7 Å². The third-order valence-corrected chi connectivity index (χ3v) is 5.32. The lowest BCUT2D eigenvalue weighted by atomic mass is 10.3. The van der Waals surface area contributed by atoms with Crippen LogP contribution in [0.1, 0.15) is 12.8 Å². The number of aryl methyl sites for hydroxylation is 1. The molecule has 0 atom stereocenters. The van der Waals surface area contributed by atoms with Crippen molar-refractivity contribution in [1.82, 2.24) is 0 Å². The summed E-state index contributed by atoms with van der Waals surface area (Å²) in [6, 6.07) is 7.35. The molecule has 0 fully saturated rings. The van der Waals surface area contributed by atoms with Gasteiger partial charge in [-0.05, 0) is 42.2 Å². The van der Waals surface area contributed by atoms with E-state index < -0.39 is 15.0 Å². The second-order valence-electron chi connectivity index (χ2n) is 5.91. The summed E-state index contributed by atoms with van der Waals surface area (Å²) in [5.74, 6) is -0.352. The second kappa shape index (κ2) is 8.97. The van der Waals surface area contributed by atoms with E-state index in [9.17, 15) is 18.5 Å². The highest BCUT2D eigenvalue weighted by Gasteiger charge is 2.23. The Morgan fingerprint density at radius 1 is 1.22 bits per heavy atom. The van der Waals surface area contributed by atoms with Crippen LogP contribution < -0.4 is 9.47 Å². The summed E-state index contributed by atoms with van der Waals surface area (Å²) in [5, 5.41) is 19.5. The zero-order chi connectivity index (χ0) is 20.0. The molecule has 1 heterocycles. The summed E-state index contributed by atoms with van der Waals surface area (Å²) >= 11 is 0.886. The van der Waals surface area contributed by atoms with Crippen molar-refractivity contribution in [2.45, 2.75) is 19.4 Å². The summed E-state index contributed by atoms with van der Waals surface area (Å²) in [5.41, 5.74) is 1.61. The maximum atomic E-state index is 11.0. The van der Waals surface area contributed by atoms with E-state index in [0.29, 0.717) is 23.8 Å². The van der Waals surface area contributed by atoms with Crippen molar-refractivity contribution in [2.24, 2.45) is 10.2 Å². The Labute approximate surface area is 160 Å². The smallest absolute Gasteiger partial charge is 0.378 e. The monoisotopic (exact) mass is 414 g/mol. The first-order valence-electron chi connectivity index (χ1n) is 7.97. The SMILES string of the molecule is CN(C)c1ccc(N=Nc2sc([N+](=O)[O-])c[n+]2CCCCS(=O)(=O)O)cc1. The summed E-state index contributed by atoms with van der Waals surface area (Å²) in [6.07, 6.45) is 2.00. The van der Waals surface area contributed by atoms with Crippen molar-refractivity contribution < 1.29 is 22.5 Å². The molecule has 1 aromatic heterocycles. The van der Waals surface area contributed by atoms with Crippen LogP contribution in [0.15, 0.2) is 40.7 Å². The van der Waals surface area contributed by atoms with Crippen molar-refractivity contribution in [1.29, 1.82) is 0 Å². The maximum Gasteiger partial charge on any atom is 0.414 e. The van der Waals surface area contributed by atoms with Gasteiger partial charge in [0, 0.05) is 31.1 Å². The molecule has 12 heteroatoms. The molecule has 1 aromatic carbocycles. The predicted octanol–water partition coefficient (Wildman–Crippen LogP) is 3.09. The number of azo groups is 1. The molecule has 2 rings (SSSR count). The average Bonchev–Trinajstić information content (AvgIpc) is 3.00. The number of thiazole rings is 1. The van der Waals surface area contributed by atoms with Crippen LogP contribution in [0.3, 0.4) is 0 Å². The van der Waals surface area contributed by atoms with Crippen LogP contribution in [0.2, 0.25) is 0 Å². The van der Waals surface area contributed by atoms with Gasteiger partial charge >= 0.3 is 10.1 Å². The van der Waals surface area contributed by atoms with Crippen molar-refractivity contribution >= 4 is 43.0 Å². The van der Waals surface area contributed by atoms with Crippen LogP contribution in [0.4, 0.5) is 21.5 Å². The molecule has 0 spiro atoms. The van der Waals surface area contributed by atoms with E-state index in [0.717, 1.165) is 17.0 Å². The van der Waals surface area contributed by atoms with Crippen LogP contribution >= 0.6 is 11.3 Å². The Hall–Kier alpha value is -2.44. The number of nitro groups is 1. The number of hydrogen-bond donors (Lipinski definition) is 1. The van der Waals surface area contributed by atoms with E-state index in [1.54, 1.807) is 16.7 Å². The highest BCUT2D eigenvalue weighted by Crippen LogP contribution is 2.28. The van der Waals surface area contributed by atoms with Crippen LogP contribution in [-0.2, 0) is 16.7 Å². The standard InChI is InChI=1S/C15H19N5O5S2/c1-18(2)13-7-5-12(6-8-13)16-17-15-19(11-14(26-15)20(21)22)9-3-4-10-27(23,24)25/h5-8,11H,3-4,9-10H2,1-2H3/p+1. The minimum atomic E-state index is -4.01. The fourth-order valence-corrected chi connectivity index (χ4v) is 3.53. The van der Waals surface area contributed by atoms with Crippen LogP contribution in [0.5, 0.6) is 0 Å². The fourth-order valence-electron chi connectivity index (χ4n) is 2.17. The second-order valence-corrected chi connectivity index (χ2v) is 8.47. The molecule has 0 radical (unpaired) electrons. The molecular weight excluding hydrogens is 394 g/mol. The summed E-state index contributed by atoms with van der Waals surface area (Å²) in [7, 11) is -0.167. The number of anilines is 1. The van der Waals surface area contributed by atoms with E-state index in [4.69, 9.17) is 4.55 Å². The van der Waals surface area contributed by atoms with Gasteiger partial charge in [0.1, 0.15) is 5.69 Å². The molecule has 0 aliphatic carbocycles. The van der Waals surface area contributed by atoms with Crippen LogP contribution in [0, 0.1) is 10.1 Å². The third-order valence-electron chi connectivity index (χ3n) is 3.56. The van der Waals surface area contributed by atoms with Gasteiger partial charge in [-0.1, -0.05) is 0 Å². The lowest BCUT2D eigenvalue weighted by Crippen LogP contribution is -2.31. The van der Waals surface area contributed by atoms with E-state index in [1.807, 2.05) is 31.1 Å². The number of unbranched alkanes of at least 4 members (excludes halogenated alkanes) is 1. The first-order chi connectivity index (χ1) is 12.7. The van der Waals surface area contributed by atoms with Gasteiger partial charge in [-0.3, -0.25) is 14.7 Å². The highest BCUT2D eigenvalue weighted by atomic mass is 32.2. The van der Waals surface area contributed by atoms with Crippen molar-refractivity contribution in [3.63, 3.8) is 0 Å². The zero-order valence-corrected chi connectivity index (χ0v) is 16.5. The van der Waals surface area contributed by atoms with Gasteiger partial charge in [-0.2, -0.15) is 8.42 Å². The topological polar surface area (TPSA) is 129 Å². The number of aromatic nitrogens is 1. The van der Waals surface area contributed by atoms with Crippen molar-refractivity contribution in [2.75, 3.05) is 24.7 Å². The van der Waals surface area contributed by atoms with Crippen LogP contribution in [0.25, 0.3) is 0 Å². The van der Waals surface area contributed by atoms with Gasteiger partial charge < -0.3 is 4.90 Å². The Balaban J connectivity index is 2.12. The largest absolute Gasteiger partial charge is 0.414 e. The molecule has 0 amide bonds. The Morgan fingerprint density at radius 3 is 2.44 bits per heavy atom. The summed E-state index contributed by atoms with van der Waals surface area (Å²) in [6.45, 7) is 0.327. The molecule has 0 saturated heterocycles. The molecule has 0 aliphatic rings. The first-order valence-corrected chi connectivity index (χ1v) is 10.4. The average molecular weight is 414 g/mol. The Kier molecular flexibility index (Phi) is 6.93. The third kappa shape index (κ3) is 6.66. The van der Waals surface area contributed by atoms with Gasteiger partial charge in [0.25, 0.3) is 10.1 Å². The number of benzene rings is 1. The minimum absolute atomic E-state index is 0.0818. The molecule has 146 valence electrons. The first kappa shape index (κ1) is 20.9. The van der Waals surface area contributed by atoms with E-state index >= 15 is 0 Å². The number of hydrogen-bond acceptors (Lipinski definition) is 8. The molecule has 0 saturated carbocycles. The quantitative estimate of drug-likeness (QED) is 0.168. The molecule has 10 nitrogen and oxygen atoms in total. The molecule has 2 aromatic rings. The summed E-state index contributed by atoms with van der Waals surface area (Å²) in [4.78, 5) is 12.5. The number of nitrogens with zero attached hydrogens (tertiary/aromatic N) is 5. The molecule has 0 bridgehead atoms. The van der Waals surface area contributed by atoms with Crippen molar-refractivity contribution in [3.8, 4) is 0 Å². The Bertz CT molecular complexity index is 923.